The van der Waals surface area contributed by atoms with Crippen molar-refractivity contribution >= 4 is 27.7 Å². The molecule has 1 aromatic rings. The number of hydrazine groups is 1. The Morgan fingerprint density at radius 1 is 1.39 bits per heavy atom. The largest absolute Gasteiger partial charge is 0.492 e. The molecule has 1 saturated heterocycles. The number of nitrogens with zero attached hydrogens (tertiary/aromatic N) is 1. The highest BCUT2D eigenvalue weighted by atomic mass is 79.9. The molecule has 0 spiro atoms. The van der Waals surface area contributed by atoms with Gasteiger partial charge in [0.25, 0.3) is 5.91 Å². The minimum atomic E-state index is -0.155. The summed E-state index contributed by atoms with van der Waals surface area (Å²) >= 11 is 3.45. The number of nitrogens with one attached hydrogen (secondary N) is 1. The minimum Gasteiger partial charge on any atom is -0.492 e. The second-order valence-corrected chi connectivity index (χ2v) is 6.42. The molecular weight excluding hydrogens is 362 g/mol. The molecule has 0 aromatic heterocycles. The molecule has 126 valence electrons. The van der Waals surface area contributed by atoms with Crippen LogP contribution in [0.15, 0.2) is 22.7 Å². The number of likely N-dealkylation sites (tertiary alicyclic amines) is 1. The van der Waals surface area contributed by atoms with Crippen molar-refractivity contribution in [2.75, 3.05) is 19.7 Å². The van der Waals surface area contributed by atoms with Crippen LogP contribution >= 0.6 is 15.9 Å². The summed E-state index contributed by atoms with van der Waals surface area (Å²) in [6.45, 7) is 3.80. The molecule has 0 aliphatic carbocycles. The number of carbonyl (C=O) groups excluding carboxylic acids is 2. The summed E-state index contributed by atoms with van der Waals surface area (Å²) in [4.78, 5) is 25.9. The molecule has 0 radical (unpaired) electrons. The normalized spacial score (nSPS) is 15.3. The number of benzene rings is 1. The van der Waals surface area contributed by atoms with E-state index in [-0.39, 0.29) is 17.7 Å². The molecular formula is C16H22BrN3O3. The summed E-state index contributed by atoms with van der Waals surface area (Å²) in [6.07, 6.45) is 2.19. The molecule has 0 bridgehead atoms. The Kier molecular flexibility index (Phi) is 6.41. The first-order valence-electron chi connectivity index (χ1n) is 7.79. The van der Waals surface area contributed by atoms with Gasteiger partial charge in [-0.05, 0) is 53.4 Å². The molecule has 1 aliphatic heterocycles. The van der Waals surface area contributed by atoms with Gasteiger partial charge in [0.15, 0.2) is 0 Å². The van der Waals surface area contributed by atoms with Gasteiger partial charge in [-0.2, -0.15) is 0 Å². The second kappa shape index (κ2) is 8.31. The molecule has 2 amide bonds. The maximum Gasteiger partial charge on any atom is 0.253 e. The number of hydrogen-bond acceptors (Lipinski definition) is 4. The quantitative estimate of drug-likeness (QED) is 0.463. The van der Waals surface area contributed by atoms with Gasteiger partial charge in [0, 0.05) is 24.6 Å². The van der Waals surface area contributed by atoms with Gasteiger partial charge in [0.1, 0.15) is 5.75 Å². The van der Waals surface area contributed by atoms with Crippen LogP contribution in [0.25, 0.3) is 0 Å². The Balaban J connectivity index is 1.98. The Hall–Kier alpha value is -1.60. The summed E-state index contributed by atoms with van der Waals surface area (Å²) < 4.78 is 6.36. The predicted octanol–water partition coefficient (Wildman–Crippen LogP) is 2.08. The topological polar surface area (TPSA) is 84.7 Å². The summed E-state index contributed by atoms with van der Waals surface area (Å²) in [5.41, 5.74) is 2.79. The SMILES string of the molecule is CCCOc1ccc(C(=O)N2CCC(C(=O)NN)CC2)cc1Br. The summed E-state index contributed by atoms with van der Waals surface area (Å²) in [5, 5.41) is 0. The van der Waals surface area contributed by atoms with Crippen LogP contribution in [-0.4, -0.2) is 36.4 Å². The number of halogens is 1. The molecule has 0 saturated carbocycles. The van der Waals surface area contributed by atoms with E-state index in [4.69, 9.17) is 10.6 Å². The lowest BCUT2D eigenvalue weighted by Crippen LogP contribution is -2.44. The molecule has 7 heteroatoms. The van der Waals surface area contributed by atoms with Gasteiger partial charge in [0.2, 0.25) is 5.91 Å². The number of carbonyl (C=O) groups is 2. The lowest BCUT2D eigenvalue weighted by Gasteiger charge is -2.31. The number of piperidine rings is 1. The molecule has 0 unspecified atom stereocenters. The number of ether oxygens (including phenoxy) is 1. The first-order valence-corrected chi connectivity index (χ1v) is 8.58. The highest BCUT2D eigenvalue weighted by Crippen LogP contribution is 2.27. The standard InChI is InChI=1S/C16H22BrN3O3/c1-2-9-23-14-4-3-12(10-13(14)17)16(22)20-7-5-11(6-8-20)15(21)19-18/h3-4,10-11H,2,5-9,18H2,1H3,(H,19,21). The van der Waals surface area contributed by atoms with Crippen molar-refractivity contribution in [3.05, 3.63) is 28.2 Å². The molecule has 3 N–H and O–H groups in total. The molecule has 0 atom stereocenters. The van der Waals surface area contributed by atoms with Crippen molar-refractivity contribution < 1.29 is 14.3 Å². The van der Waals surface area contributed by atoms with Crippen LogP contribution in [-0.2, 0) is 4.79 Å². The number of rotatable bonds is 5. The lowest BCUT2D eigenvalue weighted by atomic mass is 9.95. The molecule has 1 fully saturated rings. The predicted molar refractivity (Wildman–Crippen MR) is 90.9 cm³/mol. The van der Waals surface area contributed by atoms with Crippen LogP contribution in [0.5, 0.6) is 5.75 Å². The lowest BCUT2D eigenvalue weighted by molar-refractivity contribution is -0.126. The fourth-order valence-electron chi connectivity index (χ4n) is 2.61. The smallest absolute Gasteiger partial charge is 0.253 e. The maximum absolute atomic E-state index is 12.6. The van der Waals surface area contributed by atoms with Gasteiger partial charge in [-0.1, -0.05) is 6.92 Å². The molecule has 23 heavy (non-hydrogen) atoms. The third-order valence-corrected chi connectivity index (χ3v) is 4.56. The van der Waals surface area contributed by atoms with Crippen LogP contribution in [0.3, 0.4) is 0 Å². The number of hydrogen-bond donors (Lipinski definition) is 2. The van der Waals surface area contributed by atoms with E-state index >= 15 is 0 Å². The summed E-state index contributed by atoms with van der Waals surface area (Å²) in [7, 11) is 0. The average Bonchev–Trinajstić information content (AvgIpc) is 2.59. The van der Waals surface area contributed by atoms with E-state index in [1.54, 1.807) is 17.0 Å². The monoisotopic (exact) mass is 383 g/mol. The van der Waals surface area contributed by atoms with Crippen molar-refractivity contribution in [3.63, 3.8) is 0 Å². The Bertz CT molecular complexity index is 572. The van der Waals surface area contributed by atoms with Crippen LogP contribution in [0.1, 0.15) is 36.5 Å². The molecule has 1 aromatic carbocycles. The zero-order chi connectivity index (χ0) is 16.8. The zero-order valence-corrected chi connectivity index (χ0v) is 14.8. The van der Waals surface area contributed by atoms with Gasteiger partial charge in [-0.25, -0.2) is 5.84 Å². The van der Waals surface area contributed by atoms with Gasteiger partial charge in [-0.15, -0.1) is 0 Å². The average molecular weight is 384 g/mol. The molecule has 1 heterocycles. The van der Waals surface area contributed by atoms with Crippen molar-refractivity contribution in [2.24, 2.45) is 11.8 Å². The van der Waals surface area contributed by atoms with Gasteiger partial charge in [-0.3, -0.25) is 15.0 Å². The Labute approximate surface area is 144 Å². The zero-order valence-electron chi connectivity index (χ0n) is 13.2. The van der Waals surface area contributed by atoms with Gasteiger partial charge in [0.05, 0.1) is 11.1 Å². The van der Waals surface area contributed by atoms with E-state index in [1.807, 2.05) is 13.0 Å². The van der Waals surface area contributed by atoms with Crippen molar-refractivity contribution in [1.82, 2.24) is 10.3 Å². The van der Waals surface area contributed by atoms with E-state index in [0.29, 0.717) is 38.1 Å². The van der Waals surface area contributed by atoms with Gasteiger partial charge < -0.3 is 9.64 Å². The second-order valence-electron chi connectivity index (χ2n) is 5.57. The van der Waals surface area contributed by atoms with Crippen LogP contribution in [0, 0.1) is 5.92 Å². The number of amides is 2. The highest BCUT2D eigenvalue weighted by Gasteiger charge is 2.27. The van der Waals surface area contributed by atoms with Crippen molar-refractivity contribution in [1.29, 1.82) is 0 Å². The Morgan fingerprint density at radius 3 is 2.65 bits per heavy atom. The third kappa shape index (κ3) is 4.45. The van der Waals surface area contributed by atoms with Crippen molar-refractivity contribution in [3.8, 4) is 5.75 Å². The summed E-state index contributed by atoms with van der Waals surface area (Å²) in [5.74, 6) is 5.60. The first-order chi connectivity index (χ1) is 11.1. The van der Waals surface area contributed by atoms with Crippen molar-refractivity contribution in [2.45, 2.75) is 26.2 Å². The molecule has 2 rings (SSSR count). The first kappa shape index (κ1) is 17.7. The fourth-order valence-corrected chi connectivity index (χ4v) is 3.10. The van der Waals surface area contributed by atoms with Crippen LogP contribution in [0.2, 0.25) is 0 Å². The third-order valence-electron chi connectivity index (χ3n) is 3.94. The number of nitrogens with two attached hydrogens (primary N) is 1. The Morgan fingerprint density at radius 2 is 2.09 bits per heavy atom. The van der Waals surface area contributed by atoms with Crippen LogP contribution in [0.4, 0.5) is 0 Å². The maximum atomic E-state index is 12.6. The van der Waals surface area contributed by atoms with E-state index in [2.05, 4.69) is 21.4 Å². The van der Waals surface area contributed by atoms with E-state index < -0.39 is 0 Å². The minimum absolute atomic E-state index is 0.0284. The fraction of sp³-hybridized carbons (Fsp3) is 0.500. The van der Waals surface area contributed by atoms with E-state index in [1.165, 1.54) is 0 Å². The highest BCUT2D eigenvalue weighted by molar-refractivity contribution is 9.10. The molecule has 1 aliphatic rings. The van der Waals surface area contributed by atoms with Crippen LogP contribution < -0.4 is 16.0 Å². The van der Waals surface area contributed by atoms with E-state index in [0.717, 1.165) is 16.6 Å². The van der Waals surface area contributed by atoms with Gasteiger partial charge >= 0.3 is 0 Å². The summed E-state index contributed by atoms with van der Waals surface area (Å²) in [6, 6.07) is 5.37. The molecule has 6 nitrogen and oxygen atoms in total. The van der Waals surface area contributed by atoms with E-state index in [9.17, 15) is 9.59 Å².